The molecule has 0 spiro atoms. The Labute approximate surface area is 78.1 Å². The first-order valence-corrected chi connectivity index (χ1v) is 4.27. The monoisotopic (exact) mass is 190 g/mol. The third kappa shape index (κ3) is 5.39. The van der Waals surface area contributed by atoms with Gasteiger partial charge in [0, 0.05) is 0 Å². The van der Waals surface area contributed by atoms with Crippen LogP contribution in [0.15, 0.2) is 23.5 Å². The molecule has 1 nitrogen and oxygen atoms in total. The lowest BCUT2D eigenvalue weighted by atomic mass is 10.1. The fourth-order valence-electron chi connectivity index (χ4n) is 1.07. The summed E-state index contributed by atoms with van der Waals surface area (Å²) in [5.41, 5.74) is 0.748. The Morgan fingerprint density at radius 1 is 1.31 bits per heavy atom. The quantitative estimate of drug-likeness (QED) is 0.484. The van der Waals surface area contributed by atoms with Gasteiger partial charge in [-0.2, -0.15) is 8.78 Å². The van der Waals surface area contributed by atoms with E-state index in [9.17, 15) is 8.78 Å². The van der Waals surface area contributed by atoms with Crippen molar-refractivity contribution in [1.29, 1.82) is 0 Å². The lowest BCUT2D eigenvalue weighted by Gasteiger charge is -2.10. The van der Waals surface area contributed by atoms with Crippen molar-refractivity contribution >= 4 is 0 Å². The predicted molar refractivity (Wildman–Crippen MR) is 49.4 cm³/mol. The van der Waals surface area contributed by atoms with Crippen molar-refractivity contribution in [1.82, 2.24) is 0 Å². The SMILES string of the molecule is C/C=C(OC(F)F)\C(C)=C/C(C)C. The molecule has 0 bridgehead atoms. The largest absolute Gasteiger partial charge is 0.435 e. The predicted octanol–water partition coefficient (Wildman–Crippen LogP) is 3.73. The van der Waals surface area contributed by atoms with Crippen LogP contribution in [0.4, 0.5) is 8.78 Å². The number of halogens is 2. The van der Waals surface area contributed by atoms with E-state index in [1.54, 1.807) is 19.9 Å². The van der Waals surface area contributed by atoms with Gasteiger partial charge in [-0.15, -0.1) is 0 Å². The van der Waals surface area contributed by atoms with Gasteiger partial charge in [0.1, 0.15) is 5.76 Å². The highest BCUT2D eigenvalue weighted by Crippen LogP contribution is 2.16. The van der Waals surface area contributed by atoms with Crippen LogP contribution in [-0.4, -0.2) is 6.61 Å². The number of ether oxygens (including phenoxy) is 1. The Hall–Kier alpha value is -0.860. The molecule has 13 heavy (non-hydrogen) atoms. The molecule has 0 aliphatic rings. The molecule has 0 N–H and O–H groups in total. The van der Waals surface area contributed by atoms with E-state index in [2.05, 4.69) is 4.74 Å². The maximum absolute atomic E-state index is 11.9. The van der Waals surface area contributed by atoms with Gasteiger partial charge in [0.2, 0.25) is 0 Å². The smallest absolute Gasteiger partial charge is 0.387 e. The molecule has 3 heteroatoms. The van der Waals surface area contributed by atoms with Crippen molar-refractivity contribution in [2.75, 3.05) is 0 Å². The molecule has 0 atom stereocenters. The van der Waals surface area contributed by atoms with E-state index in [1.807, 2.05) is 19.9 Å². The van der Waals surface area contributed by atoms with Gasteiger partial charge < -0.3 is 4.74 Å². The molecule has 0 aromatic rings. The zero-order valence-electron chi connectivity index (χ0n) is 8.47. The highest BCUT2D eigenvalue weighted by atomic mass is 19.3. The van der Waals surface area contributed by atoms with E-state index < -0.39 is 6.61 Å². The maximum atomic E-state index is 11.9. The zero-order chi connectivity index (χ0) is 10.4. The molecule has 76 valence electrons. The van der Waals surface area contributed by atoms with Gasteiger partial charge in [-0.25, -0.2) is 0 Å². The first kappa shape index (κ1) is 12.1. The van der Waals surface area contributed by atoms with E-state index in [0.717, 1.165) is 5.57 Å². The summed E-state index contributed by atoms with van der Waals surface area (Å²) in [6.45, 7) is 4.66. The summed E-state index contributed by atoms with van der Waals surface area (Å²) >= 11 is 0. The van der Waals surface area contributed by atoms with Crippen LogP contribution in [0.1, 0.15) is 27.7 Å². The van der Waals surface area contributed by atoms with Crippen molar-refractivity contribution in [3.63, 3.8) is 0 Å². The average Bonchev–Trinajstić information content (AvgIpc) is 1.98. The van der Waals surface area contributed by atoms with Gasteiger partial charge in [-0.05, 0) is 31.4 Å². The van der Waals surface area contributed by atoms with Gasteiger partial charge in [0.15, 0.2) is 0 Å². The van der Waals surface area contributed by atoms with Gasteiger partial charge in [0.25, 0.3) is 0 Å². The van der Waals surface area contributed by atoms with Crippen molar-refractivity contribution in [2.24, 2.45) is 5.92 Å². The van der Waals surface area contributed by atoms with E-state index >= 15 is 0 Å². The first-order chi connectivity index (χ1) is 5.97. The van der Waals surface area contributed by atoms with Crippen LogP contribution in [0.25, 0.3) is 0 Å². The van der Waals surface area contributed by atoms with Gasteiger partial charge in [-0.3, -0.25) is 0 Å². The second-order valence-electron chi connectivity index (χ2n) is 3.13. The summed E-state index contributed by atoms with van der Waals surface area (Å²) in [6.07, 6.45) is 3.43. The topological polar surface area (TPSA) is 9.23 Å². The summed E-state index contributed by atoms with van der Waals surface area (Å²) in [4.78, 5) is 0. The Kier molecular flexibility index (Phi) is 5.35. The van der Waals surface area contributed by atoms with Crippen LogP contribution in [0.3, 0.4) is 0 Å². The first-order valence-electron chi connectivity index (χ1n) is 4.27. The summed E-state index contributed by atoms with van der Waals surface area (Å²) < 4.78 is 28.1. The number of alkyl halides is 2. The standard InChI is InChI=1S/C10H16F2O/c1-5-9(13-10(11)12)8(4)6-7(2)3/h5-7,10H,1-4H3/b8-6-,9-5+. The molecular formula is C10H16F2O. The highest BCUT2D eigenvalue weighted by Gasteiger charge is 2.07. The Balaban J connectivity index is 4.42. The summed E-state index contributed by atoms with van der Waals surface area (Å²) in [5, 5.41) is 0. The lowest BCUT2D eigenvalue weighted by Crippen LogP contribution is -2.01. The number of rotatable bonds is 4. The fraction of sp³-hybridized carbons (Fsp3) is 0.600. The molecule has 0 saturated carbocycles. The Morgan fingerprint density at radius 2 is 1.85 bits per heavy atom. The van der Waals surface area contributed by atoms with Crippen LogP contribution in [0, 0.1) is 5.92 Å². The van der Waals surface area contributed by atoms with Crippen molar-refractivity contribution < 1.29 is 13.5 Å². The third-order valence-corrected chi connectivity index (χ3v) is 1.45. The van der Waals surface area contributed by atoms with Crippen molar-refractivity contribution in [3.8, 4) is 0 Å². The number of hydrogen-bond acceptors (Lipinski definition) is 1. The van der Waals surface area contributed by atoms with Crippen LogP contribution >= 0.6 is 0 Å². The molecule has 0 radical (unpaired) electrons. The molecule has 0 heterocycles. The summed E-state index contributed by atoms with van der Waals surface area (Å²) in [7, 11) is 0. The Morgan fingerprint density at radius 3 is 2.15 bits per heavy atom. The van der Waals surface area contributed by atoms with Crippen LogP contribution in [0.2, 0.25) is 0 Å². The summed E-state index contributed by atoms with van der Waals surface area (Å²) in [5.74, 6) is 0.583. The van der Waals surface area contributed by atoms with Crippen LogP contribution in [-0.2, 0) is 4.74 Å². The molecule has 0 amide bonds. The maximum Gasteiger partial charge on any atom is 0.387 e. The molecule has 0 aliphatic heterocycles. The van der Waals surface area contributed by atoms with E-state index in [-0.39, 0.29) is 5.76 Å². The zero-order valence-corrected chi connectivity index (χ0v) is 8.47. The van der Waals surface area contributed by atoms with Crippen molar-refractivity contribution in [3.05, 3.63) is 23.5 Å². The Bertz CT molecular complexity index is 205. The lowest BCUT2D eigenvalue weighted by molar-refractivity contribution is -0.0935. The molecule has 0 rings (SSSR count). The highest BCUT2D eigenvalue weighted by molar-refractivity contribution is 5.23. The van der Waals surface area contributed by atoms with Crippen LogP contribution in [0.5, 0.6) is 0 Å². The molecule has 0 unspecified atom stereocenters. The molecule has 0 aromatic heterocycles. The van der Waals surface area contributed by atoms with Gasteiger partial charge in [0.05, 0.1) is 0 Å². The van der Waals surface area contributed by atoms with Gasteiger partial charge in [-0.1, -0.05) is 19.9 Å². The normalized spacial score (nSPS) is 14.2. The molecule has 0 aliphatic carbocycles. The van der Waals surface area contributed by atoms with E-state index in [4.69, 9.17) is 0 Å². The molecule has 0 fully saturated rings. The van der Waals surface area contributed by atoms with E-state index in [1.165, 1.54) is 0 Å². The van der Waals surface area contributed by atoms with E-state index in [0.29, 0.717) is 5.92 Å². The minimum Gasteiger partial charge on any atom is -0.435 e. The average molecular weight is 190 g/mol. The molecule has 0 saturated heterocycles. The third-order valence-electron chi connectivity index (χ3n) is 1.45. The second kappa shape index (κ2) is 5.73. The minimum atomic E-state index is -2.75. The van der Waals surface area contributed by atoms with Crippen molar-refractivity contribution in [2.45, 2.75) is 34.3 Å². The second-order valence-corrected chi connectivity index (χ2v) is 3.13. The molecule has 0 aromatic carbocycles. The molecular weight excluding hydrogens is 174 g/mol. The number of allylic oxidation sites excluding steroid dienone is 3. The van der Waals surface area contributed by atoms with Crippen LogP contribution < -0.4 is 0 Å². The number of hydrogen-bond donors (Lipinski definition) is 0. The summed E-state index contributed by atoms with van der Waals surface area (Å²) in [6, 6.07) is 0. The fourth-order valence-corrected chi connectivity index (χ4v) is 1.07. The minimum absolute atomic E-state index is 0.253. The van der Waals surface area contributed by atoms with Gasteiger partial charge >= 0.3 is 6.61 Å².